The molecule has 1 aliphatic carbocycles. The number of ether oxygens (including phenoxy) is 2. The van der Waals surface area contributed by atoms with Gasteiger partial charge in [0.15, 0.2) is 0 Å². The predicted molar refractivity (Wildman–Crippen MR) is 89.6 cm³/mol. The molecule has 0 amide bonds. The van der Waals surface area contributed by atoms with Crippen LogP contribution >= 0.6 is 0 Å². The average molecular weight is 298 g/mol. The summed E-state index contributed by atoms with van der Waals surface area (Å²) in [5.41, 5.74) is 0.441. The summed E-state index contributed by atoms with van der Waals surface area (Å²) in [5, 5.41) is 0. The number of fused-ring (bicyclic) bond motifs is 1. The van der Waals surface area contributed by atoms with Crippen LogP contribution in [0.1, 0.15) is 38.4 Å². The zero-order chi connectivity index (χ0) is 15.8. The van der Waals surface area contributed by atoms with Crippen LogP contribution in [0.2, 0.25) is 0 Å². The molecule has 0 spiro atoms. The van der Waals surface area contributed by atoms with Gasteiger partial charge in [-0.3, -0.25) is 0 Å². The van der Waals surface area contributed by atoms with Crippen molar-refractivity contribution < 1.29 is 9.47 Å². The van der Waals surface area contributed by atoms with Crippen molar-refractivity contribution in [1.29, 1.82) is 0 Å². The zero-order valence-electron chi connectivity index (χ0n) is 13.6. The molecule has 1 aliphatic heterocycles. The average Bonchev–Trinajstić information content (AvgIpc) is 2.54. The van der Waals surface area contributed by atoms with Crippen molar-refractivity contribution in [2.75, 3.05) is 6.61 Å². The molecule has 0 radical (unpaired) electrons. The van der Waals surface area contributed by atoms with Crippen LogP contribution in [0.3, 0.4) is 0 Å². The van der Waals surface area contributed by atoms with E-state index in [2.05, 4.69) is 39.1 Å². The molecule has 1 saturated carbocycles. The SMILES string of the molecule is C=C[C@H]1CC[C@H](C=C)[C@@]2(C)OC[C@H](c3ccccc3)O[C@@]12C. The highest BCUT2D eigenvalue weighted by Gasteiger charge is 2.60. The number of hydrogen-bond donors (Lipinski definition) is 0. The van der Waals surface area contributed by atoms with Gasteiger partial charge in [-0.2, -0.15) is 0 Å². The molecule has 2 aliphatic rings. The quantitative estimate of drug-likeness (QED) is 0.754. The molecule has 1 heterocycles. The fourth-order valence-corrected chi connectivity index (χ4v) is 4.20. The van der Waals surface area contributed by atoms with Gasteiger partial charge in [0, 0.05) is 11.8 Å². The number of benzene rings is 1. The van der Waals surface area contributed by atoms with Gasteiger partial charge in [0.25, 0.3) is 0 Å². The Hall–Kier alpha value is -1.38. The summed E-state index contributed by atoms with van der Waals surface area (Å²) < 4.78 is 13.1. The molecule has 5 atom stereocenters. The van der Waals surface area contributed by atoms with Crippen LogP contribution in [0.5, 0.6) is 0 Å². The molecule has 0 N–H and O–H groups in total. The maximum absolute atomic E-state index is 6.66. The largest absolute Gasteiger partial charge is 0.369 e. The summed E-state index contributed by atoms with van der Waals surface area (Å²) in [6, 6.07) is 10.3. The monoisotopic (exact) mass is 298 g/mol. The first-order valence-corrected chi connectivity index (χ1v) is 8.17. The molecule has 0 unspecified atom stereocenters. The maximum Gasteiger partial charge on any atom is 0.107 e. The Morgan fingerprint density at radius 1 is 1.00 bits per heavy atom. The minimum atomic E-state index is -0.384. The highest BCUT2D eigenvalue weighted by atomic mass is 16.6. The van der Waals surface area contributed by atoms with Gasteiger partial charge in [-0.25, -0.2) is 0 Å². The van der Waals surface area contributed by atoms with E-state index >= 15 is 0 Å². The van der Waals surface area contributed by atoms with Crippen LogP contribution in [-0.2, 0) is 9.47 Å². The Morgan fingerprint density at radius 2 is 1.59 bits per heavy atom. The summed E-state index contributed by atoms with van der Waals surface area (Å²) in [6.45, 7) is 13.0. The van der Waals surface area contributed by atoms with Gasteiger partial charge in [0.1, 0.15) is 17.3 Å². The second-order valence-corrected chi connectivity index (χ2v) is 6.80. The lowest BCUT2D eigenvalue weighted by Gasteiger charge is -2.60. The van der Waals surface area contributed by atoms with Gasteiger partial charge in [0.05, 0.1) is 6.61 Å². The Labute approximate surface area is 133 Å². The molecule has 1 aromatic rings. The lowest BCUT2D eigenvalue weighted by Crippen LogP contribution is -2.67. The van der Waals surface area contributed by atoms with Crippen molar-refractivity contribution in [3.63, 3.8) is 0 Å². The predicted octanol–water partition coefficient (Wildman–Crippen LogP) is 4.69. The van der Waals surface area contributed by atoms with E-state index in [0.29, 0.717) is 18.4 Å². The fraction of sp³-hybridized carbons (Fsp3) is 0.500. The molecule has 0 aromatic heterocycles. The number of hydrogen-bond acceptors (Lipinski definition) is 2. The molecule has 22 heavy (non-hydrogen) atoms. The summed E-state index contributed by atoms with van der Waals surface area (Å²) in [5.74, 6) is 0.602. The summed E-state index contributed by atoms with van der Waals surface area (Å²) >= 11 is 0. The van der Waals surface area contributed by atoms with E-state index < -0.39 is 0 Å². The first kappa shape index (κ1) is 15.5. The van der Waals surface area contributed by atoms with E-state index in [0.717, 1.165) is 12.8 Å². The first-order chi connectivity index (χ1) is 10.5. The van der Waals surface area contributed by atoms with Crippen molar-refractivity contribution in [2.45, 2.75) is 44.0 Å². The summed E-state index contributed by atoms with van der Waals surface area (Å²) in [7, 11) is 0. The van der Waals surface area contributed by atoms with Gasteiger partial charge in [-0.05, 0) is 32.3 Å². The molecular formula is C20H26O2. The fourth-order valence-electron chi connectivity index (χ4n) is 4.20. The van der Waals surface area contributed by atoms with Crippen LogP contribution in [-0.4, -0.2) is 17.8 Å². The summed E-state index contributed by atoms with van der Waals surface area (Å²) in [4.78, 5) is 0. The van der Waals surface area contributed by atoms with Crippen molar-refractivity contribution >= 4 is 0 Å². The van der Waals surface area contributed by atoms with Crippen LogP contribution in [0.4, 0.5) is 0 Å². The van der Waals surface area contributed by atoms with Crippen molar-refractivity contribution in [3.05, 3.63) is 61.2 Å². The van der Waals surface area contributed by atoms with Crippen molar-refractivity contribution in [1.82, 2.24) is 0 Å². The third-order valence-electron chi connectivity index (χ3n) is 5.85. The number of rotatable bonds is 3. The Kier molecular flexibility index (Phi) is 4.00. The van der Waals surface area contributed by atoms with E-state index in [4.69, 9.17) is 9.47 Å². The highest BCUT2D eigenvalue weighted by Crippen LogP contribution is 2.54. The van der Waals surface area contributed by atoms with Crippen molar-refractivity contribution in [2.24, 2.45) is 11.8 Å². The van der Waals surface area contributed by atoms with E-state index in [-0.39, 0.29) is 17.3 Å². The van der Waals surface area contributed by atoms with Crippen LogP contribution in [0.15, 0.2) is 55.6 Å². The van der Waals surface area contributed by atoms with Gasteiger partial charge in [0.2, 0.25) is 0 Å². The van der Waals surface area contributed by atoms with E-state index in [1.807, 2.05) is 30.4 Å². The molecule has 3 rings (SSSR count). The third kappa shape index (κ3) is 2.17. The molecule has 118 valence electrons. The molecule has 1 aromatic carbocycles. The smallest absolute Gasteiger partial charge is 0.107 e. The van der Waals surface area contributed by atoms with Crippen LogP contribution in [0.25, 0.3) is 0 Å². The van der Waals surface area contributed by atoms with Gasteiger partial charge < -0.3 is 9.47 Å². The standard InChI is InChI=1S/C20H26O2/c1-5-16-12-13-17(6-2)20(4)19(16,3)21-14-18(22-20)15-10-8-7-9-11-15/h5-11,16-18H,1-2,12-14H2,3-4H3/t16-,17-,18+,19+,20-/m0/s1. The Bertz CT molecular complexity index is 552. The Morgan fingerprint density at radius 3 is 2.18 bits per heavy atom. The second kappa shape index (κ2) is 5.68. The first-order valence-electron chi connectivity index (χ1n) is 8.17. The topological polar surface area (TPSA) is 18.5 Å². The lowest BCUT2D eigenvalue weighted by molar-refractivity contribution is -0.315. The lowest BCUT2D eigenvalue weighted by atomic mass is 9.61. The highest BCUT2D eigenvalue weighted by molar-refractivity contribution is 5.22. The van der Waals surface area contributed by atoms with E-state index in [1.165, 1.54) is 5.56 Å². The van der Waals surface area contributed by atoms with Crippen molar-refractivity contribution in [3.8, 4) is 0 Å². The van der Waals surface area contributed by atoms with Crippen LogP contribution < -0.4 is 0 Å². The van der Waals surface area contributed by atoms with Gasteiger partial charge in [-0.1, -0.05) is 42.5 Å². The van der Waals surface area contributed by atoms with E-state index in [1.54, 1.807) is 0 Å². The van der Waals surface area contributed by atoms with Gasteiger partial charge in [-0.15, -0.1) is 13.2 Å². The molecule has 1 saturated heterocycles. The normalized spacial score (nSPS) is 41.5. The molecule has 0 bridgehead atoms. The maximum atomic E-state index is 6.66. The molecule has 2 fully saturated rings. The summed E-state index contributed by atoms with van der Waals surface area (Å²) in [6.07, 6.45) is 6.19. The van der Waals surface area contributed by atoms with Crippen LogP contribution in [0, 0.1) is 11.8 Å². The molecule has 2 heteroatoms. The molecule has 2 nitrogen and oxygen atoms in total. The molecular weight excluding hydrogens is 272 g/mol. The zero-order valence-corrected chi connectivity index (χ0v) is 13.6. The van der Waals surface area contributed by atoms with Gasteiger partial charge >= 0.3 is 0 Å². The Balaban J connectivity index is 1.96. The minimum Gasteiger partial charge on any atom is -0.369 e. The van der Waals surface area contributed by atoms with E-state index in [9.17, 15) is 0 Å². The minimum absolute atomic E-state index is 0.0229. The second-order valence-electron chi connectivity index (χ2n) is 6.80. The third-order valence-corrected chi connectivity index (χ3v) is 5.85.